The number of furan rings is 1. The Morgan fingerprint density at radius 3 is 3.09 bits per heavy atom. The zero-order valence-corrected chi connectivity index (χ0v) is 12.4. The number of nitrogens with one attached hydrogen (secondary N) is 1. The number of rotatable bonds is 4. The molecule has 0 spiro atoms. The molecule has 0 saturated heterocycles. The second-order valence-electron chi connectivity index (χ2n) is 6.12. The molecule has 2 aromatic rings. The van der Waals surface area contributed by atoms with Crippen molar-refractivity contribution in [2.45, 2.75) is 44.4 Å². The Balaban J connectivity index is 1.48. The topological polar surface area (TPSA) is 63.3 Å². The van der Waals surface area contributed by atoms with Crippen LogP contribution in [0.4, 0.5) is 0 Å². The van der Waals surface area contributed by atoms with Gasteiger partial charge in [-0.05, 0) is 25.0 Å². The number of amides is 1. The van der Waals surface area contributed by atoms with Crippen molar-refractivity contribution in [3.63, 3.8) is 0 Å². The highest BCUT2D eigenvalue weighted by Gasteiger charge is 2.35. The molecule has 1 atom stereocenters. The van der Waals surface area contributed by atoms with Crippen LogP contribution in [0.1, 0.15) is 36.8 Å². The summed E-state index contributed by atoms with van der Waals surface area (Å²) in [5.41, 5.74) is 1.12. The number of imidazole rings is 1. The highest BCUT2D eigenvalue weighted by atomic mass is 16.3. The van der Waals surface area contributed by atoms with Crippen molar-refractivity contribution >= 4 is 5.91 Å². The summed E-state index contributed by atoms with van der Waals surface area (Å²) in [4.78, 5) is 19.3. The predicted octanol–water partition coefficient (Wildman–Crippen LogP) is 1.70. The quantitative estimate of drug-likeness (QED) is 0.933. The van der Waals surface area contributed by atoms with E-state index >= 15 is 0 Å². The first-order valence-corrected chi connectivity index (χ1v) is 7.86. The van der Waals surface area contributed by atoms with E-state index in [0.717, 1.165) is 24.5 Å². The predicted molar refractivity (Wildman–Crippen MR) is 79.9 cm³/mol. The highest BCUT2D eigenvalue weighted by molar-refractivity contribution is 5.80. The van der Waals surface area contributed by atoms with Crippen LogP contribution >= 0.6 is 0 Å². The third kappa shape index (κ3) is 2.43. The summed E-state index contributed by atoms with van der Waals surface area (Å²) >= 11 is 0. The van der Waals surface area contributed by atoms with E-state index < -0.39 is 0 Å². The maximum atomic E-state index is 12.6. The Labute approximate surface area is 129 Å². The van der Waals surface area contributed by atoms with E-state index in [9.17, 15) is 4.79 Å². The Morgan fingerprint density at radius 2 is 2.36 bits per heavy atom. The van der Waals surface area contributed by atoms with E-state index in [1.165, 1.54) is 19.3 Å². The van der Waals surface area contributed by atoms with Crippen molar-refractivity contribution < 1.29 is 9.21 Å². The molecule has 2 aliphatic rings. The molecule has 2 aromatic heterocycles. The van der Waals surface area contributed by atoms with Crippen molar-refractivity contribution in [2.75, 3.05) is 6.54 Å². The lowest BCUT2D eigenvalue weighted by atomic mass is 9.90. The molecule has 1 N–H and O–H groups in total. The Kier molecular flexibility index (Phi) is 3.46. The van der Waals surface area contributed by atoms with Gasteiger partial charge in [0, 0.05) is 25.3 Å². The van der Waals surface area contributed by atoms with E-state index in [-0.39, 0.29) is 11.9 Å². The second-order valence-corrected chi connectivity index (χ2v) is 6.12. The van der Waals surface area contributed by atoms with Gasteiger partial charge in [0.05, 0.1) is 24.8 Å². The minimum atomic E-state index is -0.207. The van der Waals surface area contributed by atoms with Crippen molar-refractivity contribution in [1.82, 2.24) is 19.8 Å². The standard InChI is InChI=1S/C16H20N4O2/c21-16(18-8-14-5-2-6-22-14)15-10-19(12-3-1-4-12)9-13-7-17-11-20(13)15/h2,5-7,11-12,15H,1,3-4,8-10H2,(H,18,21)/t15-/m1/s1. The number of carbonyl (C=O) groups excluding carboxylic acids is 1. The van der Waals surface area contributed by atoms with Crippen LogP contribution in [0.3, 0.4) is 0 Å². The van der Waals surface area contributed by atoms with Gasteiger partial charge >= 0.3 is 0 Å². The van der Waals surface area contributed by atoms with Crippen LogP contribution in [0.15, 0.2) is 35.3 Å². The molecule has 0 unspecified atom stereocenters. The van der Waals surface area contributed by atoms with Gasteiger partial charge in [0.1, 0.15) is 11.8 Å². The van der Waals surface area contributed by atoms with Gasteiger partial charge in [-0.2, -0.15) is 0 Å². The number of fused-ring (bicyclic) bond motifs is 1. The van der Waals surface area contributed by atoms with Gasteiger partial charge in [-0.25, -0.2) is 4.98 Å². The van der Waals surface area contributed by atoms with Gasteiger partial charge < -0.3 is 14.3 Å². The summed E-state index contributed by atoms with van der Waals surface area (Å²) in [5, 5.41) is 2.97. The lowest BCUT2D eigenvalue weighted by Crippen LogP contribution is -2.49. The summed E-state index contributed by atoms with van der Waals surface area (Å²) < 4.78 is 7.27. The van der Waals surface area contributed by atoms with Crippen LogP contribution in [0.25, 0.3) is 0 Å². The van der Waals surface area contributed by atoms with E-state index in [1.54, 1.807) is 12.6 Å². The van der Waals surface area contributed by atoms with Crippen LogP contribution in [0.5, 0.6) is 0 Å². The molecule has 4 rings (SSSR count). The molecule has 0 aromatic carbocycles. The van der Waals surface area contributed by atoms with Crippen LogP contribution in [0, 0.1) is 0 Å². The first kappa shape index (κ1) is 13.6. The largest absolute Gasteiger partial charge is 0.467 e. The van der Waals surface area contributed by atoms with Gasteiger partial charge in [0.2, 0.25) is 5.91 Å². The van der Waals surface area contributed by atoms with Crippen LogP contribution in [0.2, 0.25) is 0 Å². The first-order valence-electron chi connectivity index (χ1n) is 7.86. The molecule has 22 heavy (non-hydrogen) atoms. The molecule has 1 aliphatic carbocycles. The fraction of sp³-hybridized carbons (Fsp3) is 0.500. The van der Waals surface area contributed by atoms with Crippen molar-refractivity contribution in [3.8, 4) is 0 Å². The van der Waals surface area contributed by atoms with Gasteiger partial charge in [-0.3, -0.25) is 9.69 Å². The van der Waals surface area contributed by atoms with Crippen molar-refractivity contribution in [2.24, 2.45) is 0 Å². The van der Waals surface area contributed by atoms with Crippen LogP contribution in [-0.2, 0) is 17.9 Å². The van der Waals surface area contributed by atoms with Crippen molar-refractivity contribution in [3.05, 3.63) is 42.4 Å². The SMILES string of the molecule is O=C(NCc1ccco1)[C@H]1CN(C2CCC2)Cc2cncn21. The minimum Gasteiger partial charge on any atom is -0.467 e. The number of hydrogen-bond acceptors (Lipinski definition) is 4. The van der Waals surface area contributed by atoms with Crippen LogP contribution in [-0.4, -0.2) is 32.9 Å². The molecule has 3 heterocycles. The third-order valence-corrected chi connectivity index (χ3v) is 4.77. The summed E-state index contributed by atoms with van der Waals surface area (Å²) in [6.07, 6.45) is 9.05. The molecule has 6 heteroatoms. The van der Waals surface area contributed by atoms with Gasteiger partial charge in [-0.15, -0.1) is 0 Å². The molecule has 116 valence electrons. The molecule has 0 radical (unpaired) electrons. The minimum absolute atomic E-state index is 0.0275. The lowest BCUT2D eigenvalue weighted by Gasteiger charge is -2.42. The summed E-state index contributed by atoms with van der Waals surface area (Å²) in [6.45, 7) is 2.08. The Morgan fingerprint density at radius 1 is 1.45 bits per heavy atom. The van der Waals surface area contributed by atoms with E-state index in [2.05, 4.69) is 15.2 Å². The lowest BCUT2D eigenvalue weighted by molar-refractivity contribution is -0.126. The number of aromatic nitrogens is 2. The maximum Gasteiger partial charge on any atom is 0.244 e. The third-order valence-electron chi connectivity index (χ3n) is 4.77. The fourth-order valence-electron chi connectivity index (χ4n) is 3.26. The van der Waals surface area contributed by atoms with E-state index in [1.807, 2.05) is 22.9 Å². The molecule has 1 fully saturated rings. The van der Waals surface area contributed by atoms with E-state index in [4.69, 9.17) is 4.42 Å². The van der Waals surface area contributed by atoms with Gasteiger partial charge in [0.15, 0.2) is 0 Å². The van der Waals surface area contributed by atoms with Gasteiger partial charge in [-0.1, -0.05) is 6.42 Å². The number of carbonyl (C=O) groups is 1. The summed E-state index contributed by atoms with van der Waals surface area (Å²) in [6, 6.07) is 4.12. The summed E-state index contributed by atoms with van der Waals surface area (Å²) in [5.74, 6) is 0.797. The molecule has 1 saturated carbocycles. The Bertz CT molecular complexity index is 645. The average Bonchev–Trinajstić information content (AvgIpc) is 3.13. The normalized spacial score (nSPS) is 22.1. The maximum absolute atomic E-state index is 12.6. The fourth-order valence-corrected chi connectivity index (χ4v) is 3.26. The molecule has 6 nitrogen and oxygen atoms in total. The van der Waals surface area contributed by atoms with Crippen LogP contribution < -0.4 is 5.32 Å². The first-order chi connectivity index (χ1) is 10.8. The molecule has 1 aliphatic heterocycles. The highest BCUT2D eigenvalue weighted by Crippen LogP contribution is 2.31. The molecule has 1 amide bonds. The zero-order chi connectivity index (χ0) is 14.9. The average molecular weight is 300 g/mol. The number of nitrogens with zero attached hydrogens (tertiary/aromatic N) is 3. The van der Waals surface area contributed by atoms with Gasteiger partial charge in [0.25, 0.3) is 0 Å². The zero-order valence-electron chi connectivity index (χ0n) is 12.4. The van der Waals surface area contributed by atoms with E-state index in [0.29, 0.717) is 12.6 Å². The Hall–Kier alpha value is -2.08. The smallest absolute Gasteiger partial charge is 0.244 e. The second kappa shape index (κ2) is 5.61. The molecule has 0 bridgehead atoms. The summed E-state index contributed by atoms with van der Waals surface area (Å²) in [7, 11) is 0. The molecular weight excluding hydrogens is 280 g/mol. The monoisotopic (exact) mass is 300 g/mol. The number of hydrogen-bond donors (Lipinski definition) is 1. The van der Waals surface area contributed by atoms with Crippen molar-refractivity contribution in [1.29, 1.82) is 0 Å². The molecular formula is C16H20N4O2.